The maximum atomic E-state index is 10.8. The summed E-state index contributed by atoms with van der Waals surface area (Å²) in [6.45, 7) is 0. The van der Waals surface area contributed by atoms with Gasteiger partial charge in [0.15, 0.2) is 0 Å². The minimum absolute atomic E-state index is 0.500. The molecule has 0 aliphatic carbocycles. The third-order valence-electron chi connectivity index (χ3n) is 0.401. The maximum absolute atomic E-state index is 10.8. The van der Waals surface area contributed by atoms with Gasteiger partial charge >= 0.3 is 12.4 Å². The van der Waals surface area contributed by atoms with E-state index in [4.69, 9.17) is 0 Å². The predicted molar refractivity (Wildman–Crippen MR) is 23.8 cm³/mol. The molecule has 70 valence electrons. The Labute approximate surface area is 58.0 Å². The van der Waals surface area contributed by atoms with Crippen LogP contribution >= 0.6 is 0 Å². The molecule has 0 heterocycles. The lowest BCUT2D eigenvalue weighted by Gasteiger charge is -2.08. The zero-order valence-electron chi connectivity index (χ0n) is 5.35. The Morgan fingerprint density at radius 3 is 0.909 bits per heavy atom. The molecule has 0 saturated carbocycles. The Balaban J connectivity index is 0. The highest BCUT2D eigenvalue weighted by atomic mass is 19.4. The van der Waals surface area contributed by atoms with E-state index in [-0.39, 0.29) is 0 Å². The molecular formula is C4H5F7. The molecule has 0 rings (SSSR count). The third kappa shape index (κ3) is 17.7. The molecule has 0 unspecified atom stereocenters. The largest absolute Gasteiger partial charge is 0.397 e. The average Bonchev–Trinajstić information content (AvgIpc) is 1.60. The summed E-state index contributed by atoms with van der Waals surface area (Å²) in [4.78, 5) is 0. The quantitative estimate of drug-likeness (QED) is 0.510. The normalized spacial score (nSPS) is 12.0. The van der Waals surface area contributed by atoms with Crippen LogP contribution in [0.2, 0.25) is 0 Å². The molecule has 0 N–H and O–H groups in total. The van der Waals surface area contributed by atoms with Crippen LogP contribution in [0.15, 0.2) is 0 Å². The standard InChI is InChI=1S/C3H2F6.CH3F/c4-2(5,6)1-3(7,8)9;1-2/h1H2;1H3. The molecule has 0 aromatic heterocycles. The van der Waals surface area contributed by atoms with Crippen molar-refractivity contribution < 1.29 is 30.7 Å². The Hall–Kier alpha value is -0.490. The molecule has 0 amide bonds. The molecule has 0 aromatic carbocycles. The second-order valence-electron chi connectivity index (χ2n) is 1.41. The summed E-state index contributed by atoms with van der Waals surface area (Å²) in [6.07, 6.45) is -13.0. The zero-order valence-corrected chi connectivity index (χ0v) is 5.35. The summed E-state index contributed by atoms with van der Waals surface area (Å²) in [5.41, 5.74) is 0. The van der Waals surface area contributed by atoms with Crippen molar-refractivity contribution in [3.8, 4) is 0 Å². The fourth-order valence-corrected chi connectivity index (χ4v) is 0.227. The third-order valence-corrected chi connectivity index (χ3v) is 0.401. The Bertz CT molecular complexity index is 75.6. The molecule has 7 heteroatoms. The summed E-state index contributed by atoms with van der Waals surface area (Å²) in [5, 5.41) is 0. The van der Waals surface area contributed by atoms with Crippen molar-refractivity contribution in [2.24, 2.45) is 0 Å². The van der Waals surface area contributed by atoms with Crippen LogP contribution in [0.4, 0.5) is 30.7 Å². The van der Waals surface area contributed by atoms with E-state index in [2.05, 4.69) is 0 Å². The second kappa shape index (κ2) is 4.40. The van der Waals surface area contributed by atoms with Crippen molar-refractivity contribution in [2.75, 3.05) is 7.18 Å². The van der Waals surface area contributed by atoms with Crippen molar-refractivity contribution in [2.45, 2.75) is 18.8 Å². The first-order valence-electron chi connectivity index (χ1n) is 2.22. The van der Waals surface area contributed by atoms with Gasteiger partial charge in [0.05, 0.1) is 7.18 Å². The highest BCUT2D eigenvalue weighted by Crippen LogP contribution is 2.31. The van der Waals surface area contributed by atoms with Gasteiger partial charge in [-0.1, -0.05) is 0 Å². The number of hydrogen-bond acceptors (Lipinski definition) is 0. The summed E-state index contributed by atoms with van der Waals surface area (Å²) < 4.78 is 74.5. The highest BCUT2D eigenvalue weighted by molar-refractivity contribution is 4.57. The molecule has 0 aliphatic heterocycles. The summed E-state index contributed by atoms with van der Waals surface area (Å²) in [5.74, 6) is 0. The van der Waals surface area contributed by atoms with E-state index in [9.17, 15) is 30.7 Å². The van der Waals surface area contributed by atoms with Crippen LogP contribution in [0.3, 0.4) is 0 Å². The summed E-state index contributed by atoms with van der Waals surface area (Å²) in [6, 6.07) is 0. The van der Waals surface area contributed by atoms with Crippen molar-refractivity contribution in [1.82, 2.24) is 0 Å². The molecule has 11 heavy (non-hydrogen) atoms. The van der Waals surface area contributed by atoms with Crippen LogP contribution in [0.1, 0.15) is 6.42 Å². The van der Waals surface area contributed by atoms with E-state index in [1.54, 1.807) is 0 Å². The van der Waals surface area contributed by atoms with Crippen molar-refractivity contribution >= 4 is 0 Å². The Kier molecular flexibility index (Phi) is 5.25. The molecule has 0 saturated heterocycles. The van der Waals surface area contributed by atoms with Crippen LogP contribution in [0.5, 0.6) is 0 Å². The fourth-order valence-electron chi connectivity index (χ4n) is 0.227. The van der Waals surface area contributed by atoms with E-state index >= 15 is 0 Å². The van der Waals surface area contributed by atoms with Gasteiger partial charge < -0.3 is 0 Å². The van der Waals surface area contributed by atoms with E-state index in [0.717, 1.165) is 0 Å². The Morgan fingerprint density at radius 1 is 0.727 bits per heavy atom. The van der Waals surface area contributed by atoms with Gasteiger partial charge in [-0.15, -0.1) is 0 Å². The SMILES string of the molecule is CF.FC(F)(F)CC(F)(F)F. The summed E-state index contributed by atoms with van der Waals surface area (Å²) in [7, 11) is 0.500. The minimum atomic E-state index is -5.14. The van der Waals surface area contributed by atoms with Gasteiger partial charge in [-0.2, -0.15) is 26.3 Å². The van der Waals surface area contributed by atoms with Crippen LogP contribution < -0.4 is 0 Å². The predicted octanol–water partition coefficient (Wildman–Crippen LogP) is 3.09. The molecule has 0 aromatic rings. The van der Waals surface area contributed by atoms with Gasteiger partial charge in [-0.25, -0.2) is 0 Å². The first-order chi connectivity index (χ1) is 4.71. The molecule has 0 nitrogen and oxygen atoms in total. The molecular weight excluding hydrogens is 181 g/mol. The van der Waals surface area contributed by atoms with Crippen LogP contribution in [-0.4, -0.2) is 19.5 Å². The molecule has 0 spiro atoms. The van der Waals surface area contributed by atoms with Crippen molar-refractivity contribution in [1.29, 1.82) is 0 Å². The zero-order chi connectivity index (χ0) is 9.71. The van der Waals surface area contributed by atoms with Gasteiger partial charge in [0, 0.05) is 0 Å². The number of alkyl halides is 7. The fraction of sp³-hybridized carbons (Fsp3) is 1.00. The van der Waals surface area contributed by atoms with Crippen molar-refractivity contribution in [3.05, 3.63) is 0 Å². The molecule has 0 atom stereocenters. The van der Waals surface area contributed by atoms with E-state index in [1.165, 1.54) is 0 Å². The minimum Gasteiger partial charge on any atom is -0.255 e. The smallest absolute Gasteiger partial charge is 0.255 e. The van der Waals surface area contributed by atoms with E-state index in [1.807, 2.05) is 0 Å². The monoisotopic (exact) mass is 186 g/mol. The second-order valence-corrected chi connectivity index (χ2v) is 1.41. The van der Waals surface area contributed by atoms with Crippen molar-refractivity contribution in [3.63, 3.8) is 0 Å². The molecule has 0 aliphatic rings. The first-order valence-corrected chi connectivity index (χ1v) is 2.22. The first kappa shape index (κ1) is 13.1. The Morgan fingerprint density at radius 2 is 0.909 bits per heavy atom. The van der Waals surface area contributed by atoms with Crippen LogP contribution in [0, 0.1) is 0 Å². The van der Waals surface area contributed by atoms with Gasteiger partial charge in [0.1, 0.15) is 6.42 Å². The molecule has 0 fully saturated rings. The molecule has 0 radical (unpaired) electrons. The van der Waals surface area contributed by atoms with Gasteiger partial charge in [0.2, 0.25) is 0 Å². The van der Waals surface area contributed by atoms with Crippen LogP contribution in [-0.2, 0) is 0 Å². The number of hydrogen-bond donors (Lipinski definition) is 0. The average molecular weight is 186 g/mol. The van der Waals surface area contributed by atoms with E-state index in [0.29, 0.717) is 7.18 Å². The summed E-state index contributed by atoms with van der Waals surface area (Å²) >= 11 is 0. The van der Waals surface area contributed by atoms with Gasteiger partial charge in [-0.3, -0.25) is 4.39 Å². The lowest BCUT2D eigenvalue weighted by Crippen LogP contribution is -2.20. The lowest BCUT2D eigenvalue weighted by molar-refractivity contribution is -0.232. The van der Waals surface area contributed by atoms with Crippen LogP contribution in [0.25, 0.3) is 0 Å². The van der Waals surface area contributed by atoms with E-state index < -0.39 is 18.8 Å². The van der Waals surface area contributed by atoms with Gasteiger partial charge in [0.25, 0.3) is 0 Å². The number of halogens is 7. The van der Waals surface area contributed by atoms with Gasteiger partial charge in [-0.05, 0) is 0 Å². The lowest BCUT2D eigenvalue weighted by atomic mass is 10.4. The highest BCUT2D eigenvalue weighted by Gasteiger charge is 2.43. The number of rotatable bonds is 0. The topological polar surface area (TPSA) is 0 Å². The molecule has 0 bridgehead atoms. The maximum Gasteiger partial charge on any atom is 0.397 e.